The van der Waals surface area contributed by atoms with Crippen molar-refractivity contribution in [2.24, 2.45) is 0 Å². The number of rotatable bonds is 6. The predicted octanol–water partition coefficient (Wildman–Crippen LogP) is 3.40. The number of carbonyl (C=O) groups excluding carboxylic acids is 1. The average molecular weight is 307 g/mol. The zero-order valence-electron chi connectivity index (χ0n) is 10.9. The second-order valence-corrected chi connectivity index (χ2v) is 5.65. The third kappa shape index (κ3) is 4.54. The minimum atomic E-state index is -0.0866. The van der Waals surface area contributed by atoms with E-state index in [0.29, 0.717) is 12.1 Å². The van der Waals surface area contributed by atoms with Crippen LogP contribution in [-0.2, 0) is 5.75 Å². The smallest absolute Gasteiger partial charge is 0.252 e. The van der Waals surface area contributed by atoms with Gasteiger partial charge >= 0.3 is 0 Å². The van der Waals surface area contributed by atoms with Gasteiger partial charge < -0.3 is 5.32 Å². The summed E-state index contributed by atoms with van der Waals surface area (Å²) in [5, 5.41) is 3.66. The van der Waals surface area contributed by atoms with Crippen molar-refractivity contribution in [2.45, 2.75) is 5.75 Å². The Kier molecular flexibility index (Phi) is 5.89. The minimum absolute atomic E-state index is 0.0866. The summed E-state index contributed by atoms with van der Waals surface area (Å²) in [4.78, 5) is 15.7. The topological polar surface area (TPSA) is 42.0 Å². The molecule has 0 unspecified atom stereocenters. The molecule has 104 valence electrons. The number of nitrogens with one attached hydrogen (secondary N) is 1. The van der Waals surface area contributed by atoms with Crippen LogP contribution in [0, 0.1) is 0 Å². The summed E-state index contributed by atoms with van der Waals surface area (Å²) in [5.74, 6) is 1.61. The van der Waals surface area contributed by atoms with Gasteiger partial charge in [0.25, 0.3) is 5.91 Å². The van der Waals surface area contributed by atoms with Crippen molar-refractivity contribution in [3.05, 3.63) is 64.9 Å². The second-order valence-electron chi connectivity index (χ2n) is 4.14. The molecule has 0 aliphatic carbocycles. The van der Waals surface area contributed by atoms with Crippen molar-refractivity contribution in [3.63, 3.8) is 0 Å². The van der Waals surface area contributed by atoms with E-state index in [0.717, 1.165) is 22.1 Å². The highest BCUT2D eigenvalue weighted by Gasteiger charge is 2.04. The minimum Gasteiger partial charge on any atom is -0.351 e. The van der Waals surface area contributed by atoms with Crippen molar-refractivity contribution in [1.29, 1.82) is 0 Å². The van der Waals surface area contributed by atoms with Crippen LogP contribution in [0.2, 0.25) is 5.02 Å². The fourth-order valence-corrected chi connectivity index (χ4v) is 2.78. The third-order valence-corrected chi connectivity index (χ3v) is 4.05. The van der Waals surface area contributed by atoms with Crippen molar-refractivity contribution in [3.8, 4) is 0 Å². The number of hydrogen-bond donors (Lipinski definition) is 1. The van der Waals surface area contributed by atoms with Crippen molar-refractivity contribution >= 4 is 29.3 Å². The molecule has 0 saturated carbocycles. The molecular weight excluding hydrogens is 292 g/mol. The highest BCUT2D eigenvalue weighted by atomic mass is 35.5. The van der Waals surface area contributed by atoms with Crippen LogP contribution < -0.4 is 5.32 Å². The quantitative estimate of drug-likeness (QED) is 0.832. The first-order chi connectivity index (χ1) is 9.77. The van der Waals surface area contributed by atoms with Crippen molar-refractivity contribution in [1.82, 2.24) is 10.3 Å². The van der Waals surface area contributed by atoms with Crippen LogP contribution in [0.4, 0.5) is 0 Å². The van der Waals surface area contributed by atoms with E-state index >= 15 is 0 Å². The lowest BCUT2D eigenvalue weighted by Crippen LogP contribution is -2.25. The molecule has 1 aromatic heterocycles. The number of carbonyl (C=O) groups is 1. The standard InChI is InChI=1S/C15H15ClN2OS/c16-14-6-2-1-4-13(14)11-20-9-8-18-15(19)12-5-3-7-17-10-12/h1-7,10H,8-9,11H2,(H,18,19). The lowest BCUT2D eigenvalue weighted by molar-refractivity contribution is 0.0956. The van der Waals surface area contributed by atoms with E-state index < -0.39 is 0 Å². The highest BCUT2D eigenvalue weighted by molar-refractivity contribution is 7.98. The van der Waals surface area contributed by atoms with Gasteiger partial charge in [0.1, 0.15) is 0 Å². The molecule has 0 atom stereocenters. The predicted molar refractivity (Wildman–Crippen MR) is 84.2 cm³/mol. The lowest BCUT2D eigenvalue weighted by Gasteiger charge is -2.06. The maximum absolute atomic E-state index is 11.8. The molecule has 0 fully saturated rings. The van der Waals surface area contributed by atoms with Gasteiger partial charge in [-0.15, -0.1) is 0 Å². The molecule has 1 amide bonds. The molecule has 1 N–H and O–H groups in total. The van der Waals surface area contributed by atoms with Crippen LogP contribution in [0.15, 0.2) is 48.8 Å². The van der Waals surface area contributed by atoms with E-state index in [4.69, 9.17) is 11.6 Å². The molecule has 3 nitrogen and oxygen atoms in total. The van der Waals surface area contributed by atoms with Crippen LogP contribution in [0.25, 0.3) is 0 Å². The summed E-state index contributed by atoms with van der Waals surface area (Å²) < 4.78 is 0. The van der Waals surface area contributed by atoms with Crippen LogP contribution in [0.5, 0.6) is 0 Å². The molecule has 0 aliphatic heterocycles. The first kappa shape index (κ1) is 14.9. The van der Waals surface area contributed by atoms with Gasteiger partial charge in [-0.1, -0.05) is 29.8 Å². The molecular formula is C15H15ClN2OS. The maximum atomic E-state index is 11.8. The first-order valence-electron chi connectivity index (χ1n) is 6.27. The maximum Gasteiger partial charge on any atom is 0.252 e. The number of hydrogen-bond acceptors (Lipinski definition) is 3. The first-order valence-corrected chi connectivity index (χ1v) is 7.80. The second kappa shape index (κ2) is 7.92. The van der Waals surface area contributed by atoms with E-state index in [2.05, 4.69) is 10.3 Å². The lowest BCUT2D eigenvalue weighted by atomic mass is 10.2. The molecule has 1 heterocycles. The number of amides is 1. The molecule has 1 aromatic carbocycles. The molecule has 0 saturated heterocycles. The number of halogens is 1. The summed E-state index contributed by atoms with van der Waals surface area (Å²) >= 11 is 7.82. The van der Waals surface area contributed by atoms with E-state index in [-0.39, 0.29) is 5.91 Å². The van der Waals surface area contributed by atoms with Gasteiger partial charge in [0, 0.05) is 35.5 Å². The van der Waals surface area contributed by atoms with Gasteiger partial charge in [-0.05, 0) is 23.8 Å². The molecule has 2 aromatic rings. The van der Waals surface area contributed by atoms with Gasteiger partial charge in [0.2, 0.25) is 0 Å². The Morgan fingerprint density at radius 2 is 2.10 bits per heavy atom. The van der Waals surface area contributed by atoms with Crippen LogP contribution in [-0.4, -0.2) is 23.2 Å². The molecule has 0 bridgehead atoms. The Morgan fingerprint density at radius 3 is 2.85 bits per heavy atom. The SMILES string of the molecule is O=C(NCCSCc1ccccc1Cl)c1cccnc1. The normalized spacial score (nSPS) is 10.2. The number of benzene rings is 1. The molecule has 20 heavy (non-hydrogen) atoms. The largest absolute Gasteiger partial charge is 0.351 e. The molecule has 2 rings (SSSR count). The Balaban J connectivity index is 1.67. The highest BCUT2D eigenvalue weighted by Crippen LogP contribution is 2.20. The van der Waals surface area contributed by atoms with E-state index in [1.54, 1.807) is 36.3 Å². The molecule has 0 radical (unpaired) electrons. The Bertz CT molecular complexity index is 563. The molecule has 0 spiro atoms. The average Bonchev–Trinajstić information content (AvgIpc) is 2.49. The van der Waals surface area contributed by atoms with Crippen LogP contribution >= 0.6 is 23.4 Å². The summed E-state index contributed by atoms with van der Waals surface area (Å²) in [6.07, 6.45) is 3.21. The number of pyridine rings is 1. The van der Waals surface area contributed by atoms with E-state index in [1.165, 1.54) is 0 Å². The number of aromatic nitrogens is 1. The zero-order chi connectivity index (χ0) is 14.2. The van der Waals surface area contributed by atoms with Gasteiger partial charge in [-0.3, -0.25) is 9.78 Å². The Hall–Kier alpha value is -1.52. The Labute approximate surface area is 127 Å². The monoisotopic (exact) mass is 306 g/mol. The fraction of sp³-hybridized carbons (Fsp3) is 0.200. The summed E-state index contributed by atoms with van der Waals surface area (Å²) in [6.45, 7) is 0.628. The van der Waals surface area contributed by atoms with Crippen molar-refractivity contribution < 1.29 is 4.79 Å². The fourth-order valence-electron chi connectivity index (χ4n) is 1.63. The number of nitrogens with zero attached hydrogens (tertiary/aromatic N) is 1. The molecule has 0 aliphatic rings. The summed E-state index contributed by atoms with van der Waals surface area (Å²) in [7, 11) is 0. The van der Waals surface area contributed by atoms with E-state index in [9.17, 15) is 4.79 Å². The van der Waals surface area contributed by atoms with Crippen LogP contribution in [0.3, 0.4) is 0 Å². The molecule has 5 heteroatoms. The van der Waals surface area contributed by atoms with Gasteiger partial charge in [-0.25, -0.2) is 0 Å². The summed E-state index contributed by atoms with van der Waals surface area (Å²) in [5.41, 5.74) is 1.71. The zero-order valence-corrected chi connectivity index (χ0v) is 12.5. The van der Waals surface area contributed by atoms with Crippen LogP contribution in [0.1, 0.15) is 15.9 Å². The Morgan fingerprint density at radius 1 is 1.25 bits per heavy atom. The summed E-state index contributed by atoms with van der Waals surface area (Å²) in [6, 6.07) is 11.3. The number of thioether (sulfide) groups is 1. The van der Waals surface area contributed by atoms with Gasteiger partial charge in [-0.2, -0.15) is 11.8 Å². The van der Waals surface area contributed by atoms with Gasteiger partial charge in [0.05, 0.1) is 5.56 Å². The van der Waals surface area contributed by atoms with Crippen molar-refractivity contribution in [2.75, 3.05) is 12.3 Å². The van der Waals surface area contributed by atoms with E-state index in [1.807, 2.05) is 24.3 Å². The van der Waals surface area contributed by atoms with Gasteiger partial charge in [0.15, 0.2) is 0 Å². The third-order valence-electron chi connectivity index (χ3n) is 2.67.